The molecule has 9 heteroatoms. The van der Waals surface area contributed by atoms with Crippen LogP contribution in [0.1, 0.15) is 6.92 Å². The number of carbonyl (C=O) groups is 1. The summed E-state index contributed by atoms with van der Waals surface area (Å²) in [6.07, 6.45) is 0.846. The largest absolute Gasteiger partial charge is 0.393 e. The van der Waals surface area contributed by atoms with Crippen LogP contribution in [0.5, 0.6) is 0 Å². The Labute approximate surface area is 107 Å². The fourth-order valence-electron chi connectivity index (χ4n) is 1.03. The minimum absolute atomic E-state index is 0.308. The summed E-state index contributed by atoms with van der Waals surface area (Å²) >= 11 is 3.83. The molecule has 0 aliphatic rings. The van der Waals surface area contributed by atoms with E-state index in [1.807, 2.05) is 0 Å². The van der Waals surface area contributed by atoms with E-state index >= 15 is 0 Å². The summed E-state index contributed by atoms with van der Waals surface area (Å²) < 4.78 is 19.2. The van der Waals surface area contributed by atoms with Crippen LogP contribution >= 0.6 is 12.6 Å². The van der Waals surface area contributed by atoms with Gasteiger partial charge in [-0.05, 0) is 0 Å². The average Bonchev–Trinajstić information content (AvgIpc) is 2.30. The topological polar surface area (TPSA) is 93.5 Å². The number of anilines is 1. The zero-order valence-corrected chi connectivity index (χ0v) is 10.4. The molecule has 0 aliphatic heterocycles. The molecule has 1 aromatic rings. The number of aliphatic hydroxyl groups is 1. The summed E-state index contributed by atoms with van der Waals surface area (Å²) in [7, 11) is 0. The van der Waals surface area contributed by atoms with Crippen molar-refractivity contribution < 1.29 is 19.0 Å². The number of hydrogen-bond donors (Lipinski definition) is 3. The monoisotopic (exact) mass is 277 g/mol. The van der Waals surface area contributed by atoms with Crippen LogP contribution in [0.2, 0.25) is 0 Å². The van der Waals surface area contributed by atoms with Crippen LogP contribution in [-0.2, 0) is 16.3 Å². The molecule has 1 rings (SSSR count). The van der Waals surface area contributed by atoms with Crippen LogP contribution in [0, 0.1) is 5.82 Å². The van der Waals surface area contributed by atoms with Gasteiger partial charge in [-0.2, -0.15) is 4.98 Å². The number of aromatic nitrogens is 2. The average molecular weight is 277 g/mol. The van der Waals surface area contributed by atoms with Crippen LogP contribution in [0.3, 0.4) is 0 Å². The third kappa shape index (κ3) is 4.09. The number of carbonyl (C=O) groups excluding carboxylic acids is 1. The smallest absolute Gasteiger partial charge is 0.351 e. The number of amides is 1. The highest BCUT2D eigenvalue weighted by Gasteiger charge is 2.10. The predicted molar refractivity (Wildman–Crippen MR) is 63.7 cm³/mol. The van der Waals surface area contributed by atoms with Gasteiger partial charge in [0.15, 0.2) is 11.6 Å². The predicted octanol–water partition coefficient (Wildman–Crippen LogP) is -0.437. The molecule has 100 valence electrons. The molecule has 0 spiro atoms. The van der Waals surface area contributed by atoms with Crippen molar-refractivity contribution in [3.63, 3.8) is 0 Å². The van der Waals surface area contributed by atoms with E-state index in [0.717, 1.165) is 10.8 Å². The van der Waals surface area contributed by atoms with Gasteiger partial charge in [0.1, 0.15) is 12.2 Å². The van der Waals surface area contributed by atoms with Crippen molar-refractivity contribution in [1.82, 2.24) is 9.55 Å². The maximum atomic E-state index is 13.4. The van der Waals surface area contributed by atoms with Crippen LogP contribution in [0.4, 0.5) is 10.2 Å². The van der Waals surface area contributed by atoms with Gasteiger partial charge in [-0.25, -0.2) is 9.18 Å². The molecule has 18 heavy (non-hydrogen) atoms. The highest BCUT2D eigenvalue weighted by atomic mass is 32.1. The van der Waals surface area contributed by atoms with Crippen molar-refractivity contribution in [3.05, 3.63) is 22.5 Å². The third-order valence-corrected chi connectivity index (χ3v) is 2.12. The Bertz CT molecular complexity index is 493. The van der Waals surface area contributed by atoms with Crippen LogP contribution in [0.25, 0.3) is 0 Å². The van der Waals surface area contributed by atoms with E-state index in [0.29, 0.717) is 0 Å². The van der Waals surface area contributed by atoms with Gasteiger partial charge in [-0.3, -0.25) is 9.36 Å². The number of nitrogens with one attached hydrogen (secondary N) is 1. The minimum atomic E-state index is -0.867. The first kappa shape index (κ1) is 14.6. The number of rotatable bonds is 5. The molecule has 2 N–H and O–H groups in total. The van der Waals surface area contributed by atoms with Crippen molar-refractivity contribution in [1.29, 1.82) is 0 Å². The Morgan fingerprint density at radius 1 is 1.78 bits per heavy atom. The quantitative estimate of drug-likeness (QED) is 0.501. The van der Waals surface area contributed by atoms with E-state index < -0.39 is 28.7 Å². The Morgan fingerprint density at radius 2 is 2.44 bits per heavy atom. The Balaban J connectivity index is 2.86. The van der Waals surface area contributed by atoms with Gasteiger partial charge in [0, 0.05) is 6.92 Å². The molecule has 0 bridgehead atoms. The van der Waals surface area contributed by atoms with Gasteiger partial charge in [-0.15, -0.1) is 12.6 Å². The minimum Gasteiger partial charge on any atom is -0.393 e. The third-order valence-electron chi connectivity index (χ3n) is 1.81. The van der Waals surface area contributed by atoms with E-state index in [1.165, 1.54) is 6.92 Å². The maximum Gasteiger partial charge on any atom is 0.351 e. The number of halogens is 1. The molecule has 7 nitrogen and oxygen atoms in total. The molecular weight excluding hydrogens is 265 g/mol. The van der Waals surface area contributed by atoms with Gasteiger partial charge >= 0.3 is 5.69 Å². The van der Waals surface area contributed by atoms with Gasteiger partial charge in [0.05, 0.1) is 12.8 Å². The van der Waals surface area contributed by atoms with Crippen LogP contribution in [0.15, 0.2) is 11.0 Å². The lowest BCUT2D eigenvalue weighted by Crippen LogP contribution is -2.28. The number of aliphatic hydroxyl groups excluding tert-OH is 1. The molecule has 0 aliphatic carbocycles. The summed E-state index contributed by atoms with van der Waals surface area (Å²) in [5, 5.41) is 10.7. The van der Waals surface area contributed by atoms with E-state index in [2.05, 4.69) is 22.9 Å². The molecule has 0 unspecified atom stereocenters. The van der Waals surface area contributed by atoms with E-state index in [1.54, 1.807) is 0 Å². The highest BCUT2D eigenvalue weighted by Crippen LogP contribution is 2.07. The van der Waals surface area contributed by atoms with Crippen LogP contribution < -0.4 is 11.0 Å². The Morgan fingerprint density at radius 3 is 3.00 bits per heavy atom. The van der Waals surface area contributed by atoms with Crippen molar-refractivity contribution in [2.45, 2.75) is 19.1 Å². The molecule has 0 aromatic carbocycles. The maximum absolute atomic E-state index is 13.4. The fourth-order valence-corrected chi connectivity index (χ4v) is 1.10. The van der Waals surface area contributed by atoms with Gasteiger partial charge in [0.2, 0.25) is 5.91 Å². The first-order chi connectivity index (χ1) is 8.43. The molecule has 0 radical (unpaired) electrons. The molecule has 1 atom stereocenters. The highest BCUT2D eigenvalue weighted by molar-refractivity contribution is 7.80. The van der Waals surface area contributed by atoms with Crippen LogP contribution in [-0.4, -0.2) is 32.6 Å². The lowest BCUT2D eigenvalue weighted by molar-refractivity contribution is -0.114. The number of thiol groups is 1. The zero-order valence-electron chi connectivity index (χ0n) is 9.46. The molecule has 1 amide bonds. The van der Waals surface area contributed by atoms with Gasteiger partial charge < -0.3 is 15.2 Å². The van der Waals surface area contributed by atoms with Crippen molar-refractivity contribution in [2.75, 3.05) is 11.9 Å². The molecule has 0 fully saturated rings. The second-order valence-electron chi connectivity index (χ2n) is 3.30. The molecule has 1 heterocycles. The first-order valence-corrected chi connectivity index (χ1v) is 5.40. The standard InChI is InChI=1S/C9H12FN3O4S/c1-5(15)11-8-6(10)2-13(9(16)12-8)4-17-7(18)3-14/h2,7,14,18H,3-4H2,1H3,(H,11,12,15,16)/t7-/m0/s1. The van der Waals surface area contributed by atoms with E-state index in [9.17, 15) is 14.0 Å². The lowest BCUT2D eigenvalue weighted by atomic mass is 10.5. The summed E-state index contributed by atoms with van der Waals surface area (Å²) in [5.74, 6) is -1.84. The summed E-state index contributed by atoms with van der Waals surface area (Å²) in [5.41, 5.74) is -1.58. The van der Waals surface area contributed by atoms with Gasteiger partial charge in [-0.1, -0.05) is 0 Å². The summed E-state index contributed by atoms with van der Waals surface area (Å²) in [4.78, 5) is 25.5. The van der Waals surface area contributed by atoms with E-state index in [4.69, 9.17) is 9.84 Å². The SMILES string of the molecule is CC(=O)Nc1nc(=O)n(CO[C@@H](S)CO)cc1F. The zero-order chi connectivity index (χ0) is 13.7. The number of nitrogens with zero attached hydrogens (tertiary/aromatic N) is 2. The van der Waals surface area contributed by atoms with Crippen molar-refractivity contribution >= 4 is 24.4 Å². The Hall–Kier alpha value is -1.45. The summed E-state index contributed by atoms with van der Waals surface area (Å²) in [6, 6.07) is 0. The van der Waals surface area contributed by atoms with Crippen molar-refractivity contribution in [3.8, 4) is 0 Å². The lowest BCUT2D eigenvalue weighted by Gasteiger charge is -2.11. The molecule has 0 saturated heterocycles. The van der Waals surface area contributed by atoms with Gasteiger partial charge in [0.25, 0.3) is 0 Å². The second-order valence-corrected chi connectivity index (χ2v) is 3.88. The second kappa shape index (κ2) is 6.47. The van der Waals surface area contributed by atoms with Crippen molar-refractivity contribution in [2.24, 2.45) is 0 Å². The molecular formula is C9H12FN3O4S. The first-order valence-electron chi connectivity index (χ1n) is 4.89. The summed E-state index contributed by atoms with van der Waals surface area (Å²) in [6.45, 7) is 0.512. The number of ether oxygens (including phenoxy) is 1. The molecule has 0 saturated carbocycles. The Kier molecular flexibility index (Phi) is 5.25. The normalized spacial score (nSPS) is 12.2. The van der Waals surface area contributed by atoms with E-state index in [-0.39, 0.29) is 13.3 Å². The molecule has 1 aromatic heterocycles. The fraction of sp³-hybridized carbons (Fsp3) is 0.444. The number of hydrogen-bond acceptors (Lipinski definition) is 6.